The van der Waals surface area contributed by atoms with E-state index in [1.807, 2.05) is 30.3 Å². The Balaban J connectivity index is 0.850. The van der Waals surface area contributed by atoms with Crippen LogP contribution in [0.25, 0.3) is 11.1 Å². The van der Waals surface area contributed by atoms with Crippen molar-refractivity contribution in [1.29, 1.82) is 0 Å². The van der Waals surface area contributed by atoms with Crippen molar-refractivity contribution in [3.8, 4) is 11.5 Å². The highest BCUT2D eigenvalue weighted by atomic mass is 32.2. The number of ether oxygens (including phenoxy) is 1. The summed E-state index contributed by atoms with van der Waals surface area (Å²) in [5, 5.41) is 12.3. The molecule has 9 heteroatoms. The first-order valence-corrected chi connectivity index (χ1v) is 21.2. The van der Waals surface area contributed by atoms with Gasteiger partial charge in [-0.05, 0) is 115 Å². The van der Waals surface area contributed by atoms with E-state index in [9.17, 15) is 19.5 Å². The van der Waals surface area contributed by atoms with Crippen LogP contribution in [0.5, 0.6) is 11.5 Å². The van der Waals surface area contributed by atoms with Crippen molar-refractivity contribution in [1.82, 2.24) is 15.1 Å². The normalized spacial score (nSPS) is 15.9. The minimum absolute atomic E-state index is 0.113. The third kappa shape index (κ3) is 10.7. The summed E-state index contributed by atoms with van der Waals surface area (Å²) in [7, 11) is 2.17. The molecule has 0 aromatic heterocycles. The second kappa shape index (κ2) is 20.3. The number of nitrogens with one attached hydrogen (secondary N) is 1. The number of amides is 3. The number of phenolic OH excluding ortho intramolecular Hbond substituents is 1. The van der Waals surface area contributed by atoms with Crippen molar-refractivity contribution in [3.63, 3.8) is 0 Å². The quantitative estimate of drug-likeness (QED) is 0.0400. The Hall–Kier alpha value is -4.86. The second-order valence-corrected chi connectivity index (χ2v) is 15.9. The average molecular weight is 774 g/mol. The Labute approximate surface area is 336 Å². The lowest BCUT2D eigenvalue weighted by atomic mass is 9.88. The number of allylic oxidation sites excluding steroid dienone is 1. The van der Waals surface area contributed by atoms with Crippen molar-refractivity contribution in [2.24, 2.45) is 0 Å². The van der Waals surface area contributed by atoms with Gasteiger partial charge in [-0.25, -0.2) is 0 Å². The van der Waals surface area contributed by atoms with Crippen molar-refractivity contribution in [2.45, 2.75) is 88.6 Å². The molecule has 3 amide bonds. The Kier molecular flexibility index (Phi) is 14.8. The highest BCUT2D eigenvalue weighted by molar-refractivity contribution is 7.99. The highest BCUT2D eigenvalue weighted by Gasteiger charge is 2.39. The number of carbonyl (C=O) groups is 3. The minimum Gasteiger partial charge on any atom is -0.508 e. The number of unbranched alkanes of at least 4 members (excludes halogenated alkanes) is 6. The summed E-state index contributed by atoms with van der Waals surface area (Å²) in [4.78, 5) is 42.2. The van der Waals surface area contributed by atoms with Gasteiger partial charge in [0, 0.05) is 30.0 Å². The maximum absolute atomic E-state index is 13.1. The number of phenols is 1. The van der Waals surface area contributed by atoms with Crippen molar-refractivity contribution < 1.29 is 24.2 Å². The summed E-state index contributed by atoms with van der Waals surface area (Å²) in [5.41, 5.74) is 7.51. The molecule has 2 heterocycles. The Morgan fingerprint density at radius 2 is 1.48 bits per heavy atom. The van der Waals surface area contributed by atoms with Crippen molar-refractivity contribution >= 4 is 40.6 Å². The van der Waals surface area contributed by atoms with E-state index < -0.39 is 6.04 Å². The number of hydrogen-bond donors (Lipinski definition) is 2. The lowest BCUT2D eigenvalue weighted by Gasteiger charge is -2.29. The molecule has 0 bridgehead atoms. The number of likely N-dealkylation sites (N-methyl/N-ethyl adjacent to an activating group) is 1. The van der Waals surface area contributed by atoms with Crippen LogP contribution in [0.3, 0.4) is 0 Å². The number of carbonyl (C=O) groups excluding carboxylic acids is 3. The van der Waals surface area contributed by atoms with Crippen LogP contribution in [0.15, 0.2) is 102 Å². The van der Waals surface area contributed by atoms with Crippen molar-refractivity contribution in [2.75, 3.05) is 32.5 Å². The standard InChI is InChI=1S/C47H55N3O5S/c1-3-39(34-15-10-9-11-16-34)45(35-19-23-37(51)24-20-35)36-21-25-38(26-22-36)55-31-30-49(2)29-12-7-5-4-6-8-13-32-56-43-18-14-17-40-41(43)33-50(47(40)54)42-27-28-44(52)48-46(42)53/h9-11,14-26,42,51H,3-8,12-13,27-33H2,1-2H3,(H,48,52,53). The van der Waals surface area contributed by atoms with Gasteiger partial charge in [0.1, 0.15) is 24.1 Å². The van der Waals surface area contributed by atoms with E-state index in [4.69, 9.17) is 4.74 Å². The van der Waals surface area contributed by atoms with E-state index in [1.165, 1.54) is 49.7 Å². The molecule has 0 spiro atoms. The molecule has 294 valence electrons. The van der Waals surface area contributed by atoms with Gasteiger partial charge in [0.15, 0.2) is 0 Å². The van der Waals surface area contributed by atoms with E-state index in [-0.39, 0.29) is 29.9 Å². The molecule has 4 aromatic rings. The van der Waals surface area contributed by atoms with Crippen LogP contribution < -0.4 is 10.1 Å². The van der Waals surface area contributed by atoms with E-state index in [1.54, 1.807) is 28.8 Å². The van der Waals surface area contributed by atoms with E-state index in [2.05, 4.69) is 78.8 Å². The lowest BCUT2D eigenvalue weighted by Crippen LogP contribution is -2.52. The van der Waals surface area contributed by atoms with Gasteiger partial charge in [0.05, 0.1) is 0 Å². The molecule has 6 rings (SSSR count). The molecular formula is C47H55N3O5S. The maximum Gasteiger partial charge on any atom is 0.255 e. The molecule has 2 N–H and O–H groups in total. The largest absolute Gasteiger partial charge is 0.508 e. The third-order valence-corrected chi connectivity index (χ3v) is 12.0. The Bertz CT molecular complexity index is 1960. The molecule has 1 atom stereocenters. The van der Waals surface area contributed by atoms with Crippen LogP contribution in [-0.4, -0.2) is 71.2 Å². The Morgan fingerprint density at radius 1 is 0.804 bits per heavy atom. The maximum atomic E-state index is 13.1. The molecule has 1 fully saturated rings. The third-order valence-electron chi connectivity index (χ3n) is 10.8. The predicted octanol–water partition coefficient (Wildman–Crippen LogP) is 9.36. The summed E-state index contributed by atoms with van der Waals surface area (Å²) >= 11 is 1.80. The fraction of sp³-hybridized carbons (Fsp3) is 0.383. The molecular weight excluding hydrogens is 719 g/mol. The zero-order chi connectivity index (χ0) is 39.3. The van der Waals surface area contributed by atoms with Gasteiger partial charge >= 0.3 is 0 Å². The van der Waals surface area contributed by atoms with Crippen LogP contribution in [0.1, 0.15) is 104 Å². The molecule has 8 nitrogen and oxygen atoms in total. The first-order chi connectivity index (χ1) is 27.3. The highest BCUT2D eigenvalue weighted by Crippen LogP contribution is 2.37. The number of hydrogen-bond acceptors (Lipinski definition) is 7. The second-order valence-electron chi connectivity index (χ2n) is 14.8. The van der Waals surface area contributed by atoms with Gasteiger partial charge in [0.2, 0.25) is 11.8 Å². The number of imide groups is 1. The average Bonchev–Trinajstić information content (AvgIpc) is 3.55. The van der Waals surface area contributed by atoms with E-state index >= 15 is 0 Å². The monoisotopic (exact) mass is 773 g/mol. The minimum atomic E-state index is -0.577. The summed E-state index contributed by atoms with van der Waals surface area (Å²) in [6, 6.07) is 31.6. The molecule has 4 aromatic carbocycles. The van der Waals surface area contributed by atoms with Gasteiger partial charge in [-0.1, -0.05) is 99.7 Å². The molecule has 2 aliphatic rings. The van der Waals surface area contributed by atoms with Crippen LogP contribution in [0.2, 0.25) is 0 Å². The van der Waals surface area contributed by atoms with Gasteiger partial charge < -0.3 is 19.6 Å². The van der Waals surface area contributed by atoms with E-state index in [0.717, 1.165) is 64.6 Å². The van der Waals surface area contributed by atoms with Crippen LogP contribution in [0, 0.1) is 0 Å². The smallest absolute Gasteiger partial charge is 0.255 e. The number of fused-ring (bicyclic) bond motifs is 1. The zero-order valence-electron chi connectivity index (χ0n) is 32.8. The lowest BCUT2D eigenvalue weighted by molar-refractivity contribution is -0.136. The molecule has 0 radical (unpaired) electrons. The molecule has 1 saturated heterocycles. The first-order valence-electron chi connectivity index (χ1n) is 20.2. The molecule has 2 aliphatic heterocycles. The SMILES string of the molecule is CCC(=C(c1ccc(O)cc1)c1ccc(OCCN(C)CCCCCCCCCSc2cccc3c2CN(C2CCC(=O)NC2=O)C3=O)cc1)c1ccccc1. The number of thioether (sulfide) groups is 1. The van der Waals surface area contributed by atoms with Gasteiger partial charge in [0.25, 0.3) is 5.91 Å². The van der Waals surface area contributed by atoms with Gasteiger partial charge in [-0.15, -0.1) is 11.8 Å². The fourth-order valence-electron chi connectivity index (χ4n) is 7.70. The number of benzene rings is 4. The van der Waals surface area contributed by atoms with Crippen molar-refractivity contribution in [3.05, 3.63) is 125 Å². The number of nitrogens with zero attached hydrogens (tertiary/aromatic N) is 2. The number of aromatic hydroxyl groups is 1. The topological polar surface area (TPSA) is 99.2 Å². The summed E-state index contributed by atoms with van der Waals surface area (Å²) in [6.07, 6.45) is 10.0. The molecule has 56 heavy (non-hydrogen) atoms. The Morgan fingerprint density at radius 3 is 2.18 bits per heavy atom. The summed E-state index contributed by atoms with van der Waals surface area (Å²) in [5.74, 6) is 1.38. The van der Waals surface area contributed by atoms with E-state index in [0.29, 0.717) is 25.1 Å². The fourth-order valence-corrected chi connectivity index (χ4v) is 8.79. The predicted molar refractivity (Wildman–Crippen MR) is 226 cm³/mol. The number of rotatable bonds is 20. The molecule has 0 aliphatic carbocycles. The summed E-state index contributed by atoms with van der Waals surface area (Å²) in [6.45, 7) is 5.19. The summed E-state index contributed by atoms with van der Waals surface area (Å²) < 4.78 is 6.15. The van der Waals surface area contributed by atoms with Crippen LogP contribution in [-0.2, 0) is 16.1 Å². The van der Waals surface area contributed by atoms with Gasteiger partial charge in [-0.2, -0.15) is 0 Å². The van der Waals surface area contributed by atoms with Crippen LogP contribution in [0.4, 0.5) is 0 Å². The zero-order valence-corrected chi connectivity index (χ0v) is 33.6. The van der Waals surface area contributed by atoms with Crippen LogP contribution >= 0.6 is 11.8 Å². The number of piperidine rings is 1. The molecule has 0 saturated carbocycles. The van der Waals surface area contributed by atoms with Gasteiger partial charge in [-0.3, -0.25) is 19.7 Å². The molecule has 1 unspecified atom stereocenters. The first kappa shape index (κ1) is 40.8.